The molecule has 0 aliphatic rings. The molecule has 82 valence electrons. The predicted octanol–water partition coefficient (Wildman–Crippen LogP) is 0.977. The molecule has 0 saturated carbocycles. The average molecular weight is 218 g/mol. The lowest BCUT2D eigenvalue weighted by Crippen LogP contribution is -2.00. The maximum atomic E-state index is 10.8. The first-order valence-electron chi connectivity index (χ1n) is 4.67. The maximum absolute atomic E-state index is 10.8. The lowest BCUT2D eigenvalue weighted by atomic mass is 10.3. The minimum absolute atomic E-state index is 0.177. The van der Waals surface area contributed by atoms with Crippen LogP contribution in [0, 0.1) is 13.8 Å². The number of rotatable bonds is 2. The van der Waals surface area contributed by atoms with Gasteiger partial charge in [0.15, 0.2) is 5.82 Å². The quantitative estimate of drug-likeness (QED) is 0.812. The first kappa shape index (κ1) is 10.3. The first-order valence-corrected chi connectivity index (χ1v) is 4.67. The van der Waals surface area contributed by atoms with E-state index in [-0.39, 0.29) is 5.56 Å². The van der Waals surface area contributed by atoms with Crippen molar-refractivity contribution in [1.82, 2.24) is 19.7 Å². The van der Waals surface area contributed by atoms with E-state index in [1.165, 1.54) is 10.9 Å². The fraction of sp³-hybridized carbons (Fsp3) is 0.200. The zero-order chi connectivity index (χ0) is 11.7. The van der Waals surface area contributed by atoms with Gasteiger partial charge in [-0.15, -0.1) is 0 Å². The molecule has 0 bridgehead atoms. The van der Waals surface area contributed by atoms with Crippen LogP contribution in [0.1, 0.15) is 21.9 Å². The van der Waals surface area contributed by atoms with Gasteiger partial charge in [-0.2, -0.15) is 5.10 Å². The Bertz CT molecular complexity index is 548. The number of hydrogen-bond acceptors (Lipinski definition) is 4. The van der Waals surface area contributed by atoms with Gasteiger partial charge in [0.2, 0.25) is 0 Å². The summed E-state index contributed by atoms with van der Waals surface area (Å²) in [5.74, 6) is 0.181. The van der Waals surface area contributed by atoms with E-state index in [1.807, 2.05) is 0 Å². The van der Waals surface area contributed by atoms with Crippen LogP contribution >= 0.6 is 0 Å². The van der Waals surface area contributed by atoms with Crippen molar-refractivity contribution >= 4 is 5.97 Å². The Morgan fingerprint density at radius 1 is 1.44 bits per heavy atom. The Balaban J connectivity index is 2.49. The highest BCUT2D eigenvalue weighted by molar-refractivity contribution is 5.88. The van der Waals surface area contributed by atoms with Gasteiger partial charge in [0.1, 0.15) is 11.4 Å². The number of aryl methyl sites for hydroxylation is 2. The molecule has 0 aromatic carbocycles. The number of carboxylic acids is 1. The minimum atomic E-state index is -0.991. The van der Waals surface area contributed by atoms with Crippen LogP contribution in [-0.4, -0.2) is 30.8 Å². The lowest BCUT2D eigenvalue weighted by molar-refractivity contribution is 0.0696. The van der Waals surface area contributed by atoms with Crippen molar-refractivity contribution in [2.75, 3.05) is 0 Å². The number of hydrogen-bond donors (Lipinski definition) is 1. The van der Waals surface area contributed by atoms with Crippen molar-refractivity contribution in [1.29, 1.82) is 0 Å². The molecule has 0 spiro atoms. The van der Waals surface area contributed by atoms with Crippen molar-refractivity contribution in [3.05, 3.63) is 35.5 Å². The molecule has 0 aliphatic heterocycles. The van der Waals surface area contributed by atoms with Gasteiger partial charge in [0, 0.05) is 18.5 Å². The molecule has 0 atom stereocenters. The minimum Gasteiger partial charge on any atom is -0.478 e. The summed E-state index contributed by atoms with van der Waals surface area (Å²) in [6.07, 6.45) is 3.05. The van der Waals surface area contributed by atoms with E-state index in [4.69, 9.17) is 5.11 Å². The molecule has 0 fully saturated rings. The molecular weight excluding hydrogens is 208 g/mol. The van der Waals surface area contributed by atoms with Crippen LogP contribution in [-0.2, 0) is 0 Å². The highest BCUT2D eigenvalue weighted by atomic mass is 16.4. The first-order chi connectivity index (χ1) is 7.58. The van der Waals surface area contributed by atoms with Crippen LogP contribution in [0.3, 0.4) is 0 Å². The molecule has 2 heterocycles. The monoisotopic (exact) mass is 218 g/mol. The van der Waals surface area contributed by atoms with Gasteiger partial charge in [-0.3, -0.25) is 0 Å². The normalized spacial score (nSPS) is 10.4. The van der Waals surface area contributed by atoms with E-state index < -0.39 is 5.97 Å². The third-order valence-corrected chi connectivity index (χ3v) is 2.13. The SMILES string of the molecule is Cc1nccc(-n2cc(C(=O)O)c(C)n2)n1. The zero-order valence-corrected chi connectivity index (χ0v) is 8.88. The van der Waals surface area contributed by atoms with Gasteiger partial charge >= 0.3 is 5.97 Å². The summed E-state index contributed by atoms with van der Waals surface area (Å²) < 4.78 is 1.44. The summed E-state index contributed by atoms with van der Waals surface area (Å²) in [6.45, 7) is 3.41. The van der Waals surface area contributed by atoms with Gasteiger partial charge in [-0.1, -0.05) is 0 Å². The standard InChI is InChI=1S/C10H10N4O2/c1-6-8(10(15)16)5-14(13-6)9-3-4-11-7(2)12-9/h3-5H,1-2H3,(H,15,16). The van der Waals surface area contributed by atoms with E-state index >= 15 is 0 Å². The summed E-state index contributed by atoms with van der Waals surface area (Å²) in [5, 5.41) is 13.0. The topological polar surface area (TPSA) is 80.9 Å². The molecule has 2 rings (SSSR count). The molecule has 6 heteroatoms. The van der Waals surface area contributed by atoms with Crippen LogP contribution in [0.25, 0.3) is 5.82 Å². The number of nitrogens with zero attached hydrogens (tertiary/aromatic N) is 4. The molecule has 1 N–H and O–H groups in total. The highest BCUT2D eigenvalue weighted by Crippen LogP contribution is 2.09. The van der Waals surface area contributed by atoms with Gasteiger partial charge in [0.05, 0.1) is 5.69 Å². The molecule has 0 amide bonds. The van der Waals surface area contributed by atoms with Gasteiger partial charge in [-0.05, 0) is 13.8 Å². The van der Waals surface area contributed by atoms with Crippen molar-refractivity contribution in [3.63, 3.8) is 0 Å². The fourth-order valence-electron chi connectivity index (χ4n) is 1.36. The zero-order valence-electron chi connectivity index (χ0n) is 8.88. The molecule has 0 saturated heterocycles. The van der Waals surface area contributed by atoms with Crippen LogP contribution < -0.4 is 0 Å². The molecular formula is C10H10N4O2. The second-order valence-electron chi connectivity index (χ2n) is 3.34. The smallest absolute Gasteiger partial charge is 0.339 e. The van der Waals surface area contributed by atoms with Crippen molar-refractivity contribution < 1.29 is 9.90 Å². The summed E-state index contributed by atoms with van der Waals surface area (Å²) in [6, 6.07) is 1.67. The molecule has 0 radical (unpaired) electrons. The van der Waals surface area contributed by atoms with Gasteiger partial charge in [-0.25, -0.2) is 19.4 Å². The number of carboxylic acid groups (broad SMARTS) is 1. The number of aromatic carboxylic acids is 1. The van der Waals surface area contributed by atoms with Crippen molar-refractivity contribution in [3.8, 4) is 5.82 Å². The van der Waals surface area contributed by atoms with Crippen LogP contribution in [0.5, 0.6) is 0 Å². The summed E-state index contributed by atoms with van der Waals surface area (Å²) in [7, 11) is 0. The molecule has 2 aromatic heterocycles. The largest absolute Gasteiger partial charge is 0.478 e. The van der Waals surface area contributed by atoms with Crippen molar-refractivity contribution in [2.45, 2.75) is 13.8 Å². The maximum Gasteiger partial charge on any atom is 0.339 e. The average Bonchev–Trinajstić information content (AvgIpc) is 2.60. The lowest BCUT2D eigenvalue weighted by Gasteiger charge is -1.99. The second kappa shape index (κ2) is 3.73. The van der Waals surface area contributed by atoms with E-state index in [0.29, 0.717) is 17.3 Å². The Labute approximate surface area is 91.6 Å². The van der Waals surface area contributed by atoms with Crippen LogP contribution in [0.15, 0.2) is 18.5 Å². The number of aromatic nitrogens is 4. The molecule has 0 aliphatic carbocycles. The fourth-order valence-corrected chi connectivity index (χ4v) is 1.36. The molecule has 0 unspecified atom stereocenters. The highest BCUT2D eigenvalue weighted by Gasteiger charge is 2.12. The Morgan fingerprint density at radius 3 is 2.75 bits per heavy atom. The van der Waals surface area contributed by atoms with E-state index in [2.05, 4.69) is 15.1 Å². The third kappa shape index (κ3) is 1.77. The Hall–Kier alpha value is -2.24. The summed E-state index contributed by atoms with van der Waals surface area (Å²) >= 11 is 0. The molecule has 6 nitrogen and oxygen atoms in total. The Morgan fingerprint density at radius 2 is 2.19 bits per heavy atom. The molecule has 2 aromatic rings. The second-order valence-corrected chi connectivity index (χ2v) is 3.34. The van der Waals surface area contributed by atoms with Crippen LogP contribution in [0.4, 0.5) is 0 Å². The van der Waals surface area contributed by atoms with Crippen LogP contribution in [0.2, 0.25) is 0 Å². The van der Waals surface area contributed by atoms with Crippen molar-refractivity contribution in [2.24, 2.45) is 0 Å². The van der Waals surface area contributed by atoms with E-state index in [1.54, 1.807) is 26.1 Å². The Kier molecular flexibility index (Phi) is 2.40. The summed E-state index contributed by atoms with van der Waals surface area (Å²) in [4.78, 5) is 19.0. The number of carbonyl (C=O) groups is 1. The van der Waals surface area contributed by atoms with E-state index in [0.717, 1.165) is 0 Å². The van der Waals surface area contributed by atoms with Gasteiger partial charge in [0.25, 0.3) is 0 Å². The van der Waals surface area contributed by atoms with Gasteiger partial charge < -0.3 is 5.11 Å². The molecule has 16 heavy (non-hydrogen) atoms. The van der Waals surface area contributed by atoms with E-state index in [9.17, 15) is 4.79 Å². The third-order valence-electron chi connectivity index (χ3n) is 2.13. The predicted molar refractivity (Wildman–Crippen MR) is 55.6 cm³/mol. The summed E-state index contributed by atoms with van der Waals surface area (Å²) in [5.41, 5.74) is 0.639.